The van der Waals surface area contributed by atoms with Gasteiger partial charge in [-0.25, -0.2) is 0 Å². The van der Waals surface area contributed by atoms with Crippen LogP contribution in [0.1, 0.15) is 13.8 Å². The molecule has 1 aromatic carbocycles. The maximum absolute atomic E-state index is 12.2. The van der Waals surface area contributed by atoms with E-state index >= 15 is 0 Å². The number of benzene rings is 1. The summed E-state index contributed by atoms with van der Waals surface area (Å²) in [6, 6.07) is 4.93. The van der Waals surface area contributed by atoms with Gasteiger partial charge >= 0.3 is 0 Å². The van der Waals surface area contributed by atoms with Crippen LogP contribution in [-0.2, 0) is 11.3 Å². The zero-order valence-corrected chi connectivity index (χ0v) is 13.8. The number of hydrogen-bond acceptors (Lipinski definition) is 4. The lowest BCUT2D eigenvalue weighted by Crippen LogP contribution is -2.23. The van der Waals surface area contributed by atoms with Crippen LogP contribution in [0.3, 0.4) is 0 Å². The highest BCUT2D eigenvalue weighted by molar-refractivity contribution is 8.00. The third-order valence-electron chi connectivity index (χ3n) is 2.76. The van der Waals surface area contributed by atoms with Crippen molar-refractivity contribution in [1.82, 2.24) is 14.8 Å². The van der Waals surface area contributed by atoms with Gasteiger partial charge < -0.3 is 9.88 Å². The van der Waals surface area contributed by atoms with Crippen LogP contribution in [0, 0.1) is 0 Å². The van der Waals surface area contributed by atoms with Gasteiger partial charge in [-0.2, -0.15) is 0 Å². The lowest BCUT2D eigenvalue weighted by atomic mass is 10.3. The number of carbonyl (C=O) groups is 1. The molecular weight excluding hydrogens is 331 g/mol. The number of halogens is 2. The molecule has 21 heavy (non-hydrogen) atoms. The second-order valence-corrected chi connectivity index (χ2v) is 6.42. The first-order chi connectivity index (χ1) is 10.0. The minimum Gasteiger partial charge on any atom is -0.324 e. The highest BCUT2D eigenvalue weighted by Crippen LogP contribution is 2.27. The summed E-state index contributed by atoms with van der Waals surface area (Å²) in [6.45, 7) is 4.54. The number of rotatable bonds is 5. The molecule has 112 valence electrons. The van der Waals surface area contributed by atoms with E-state index in [9.17, 15) is 4.79 Å². The van der Waals surface area contributed by atoms with Gasteiger partial charge in [0.25, 0.3) is 0 Å². The topological polar surface area (TPSA) is 59.8 Å². The SMILES string of the molecule is CCn1cnnc1S[C@H](C)C(=O)Nc1cc(Cl)ccc1Cl. The zero-order chi connectivity index (χ0) is 15.4. The maximum atomic E-state index is 12.2. The Balaban J connectivity index is 2.04. The lowest BCUT2D eigenvalue weighted by Gasteiger charge is -2.13. The number of amides is 1. The highest BCUT2D eigenvalue weighted by atomic mass is 35.5. The highest BCUT2D eigenvalue weighted by Gasteiger charge is 2.18. The van der Waals surface area contributed by atoms with E-state index in [1.165, 1.54) is 11.8 Å². The molecule has 0 bridgehead atoms. The number of aromatic nitrogens is 3. The molecule has 0 saturated carbocycles. The van der Waals surface area contributed by atoms with Crippen molar-refractivity contribution in [2.45, 2.75) is 30.8 Å². The Morgan fingerprint density at radius 3 is 2.95 bits per heavy atom. The summed E-state index contributed by atoms with van der Waals surface area (Å²) < 4.78 is 1.88. The van der Waals surface area contributed by atoms with Gasteiger partial charge in [0.1, 0.15) is 6.33 Å². The van der Waals surface area contributed by atoms with E-state index in [4.69, 9.17) is 23.2 Å². The van der Waals surface area contributed by atoms with Crippen molar-refractivity contribution < 1.29 is 4.79 Å². The standard InChI is InChI=1S/C13H14Cl2N4OS/c1-3-19-7-16-18-13(19)21-8(2)12(20)17-11-6-9(14)4-5-10(11)15/h4-8H,3H2,1-2H3,(H,17,20)/t8-/m1/s1. The fraction of sp³-hybridized carbons (Fsp3) is 0.308. The van der Waals surface area contributed by atoms with Gasteiger partial charge in [0.05, 0.1) is 16.0 Å². The summed E-state index contributed by atoms with van der Waals surface area (Å²) in [4.78, 5) is 12.2. The van der Waals surface area contributed by atoms with E-state index in [0.717, 1.165) is 6.54 Å². The second-order valence-electron chi connectivity index (χ2n) is 4.27. The maximum Gasteiger partial charge on any atom is 0.237 e. The Hall–Kier alpha value is -1.24. The first-order valence-corrected chi connectivity index (χ1v) is 7.95. The van der Waals surface area contributed by atoms with Crippen LogP contribution in [0.2, 0.25) is 10.0 Å². The van der Waals surface area contributed by atoms with E-state index < -0.39 is 0 Å². The molecule has 0 aliphatic heterocycles. The van der Waals surface area contributed by atoms with E-state index in [1.54, 1.807) is 31.5 Å². The van der Waals surface area contributed by atoms with Gasteiger partial charge in [0.2, 0.25) is 5.91 Å². The number of nitrogens with zero attached hydrogens (tertiary/aromatic N) is 3. The van der Waals surface area contributed by atoms with Crippen molar-refractivity contribution in [3.63, 3.8) is 0 Å². The fourth-order valence-corrected chi connectivity index (χ4v) is 2.82. The van der Waals surface area contributed by atoms with Gasteiger partial charge in [-0.05, 0) is 32.0 Å². The summed E-state index contributed by atoms with van der Waals surface area (Å²) in [5, 5.41) is 11.9. The third-order valence-corrected chi connectivity index (χ3v) is 4.42. The molecule has 0 spiro atoms. The largest absolute Gasteiger partial charge is 0.324 e. The monoisotopic (exact) mass is 344 g/mol. The minimum atomic E-state index is -0.338. The summed E-state index contributed by atoms with van der Waals surface area (Å²) in [5.41, 5.74) is 0.499. The molecule has 1 heterocycles. The average molecular weight is 345 g/mol. The molecule has 2 aromatic rings. The molecule has 0 saturated heterocycles. The van der Waals surface area contributed by atoms with Crippen molar-refractivity contribution >= 4 is 46.6 Å². The van der Waals surface area contributed by atoms with Crippen molar-refractivity contribution in [1.29, 1.82) is 0 Å². The molecule has 1 amide bonds. The minimum absolute atomic E-state index is 0.171. The Morgan fingerprint density at radius 1 is 1.48 bits per heavy atom. The number of hydrogen-bond donors (Lipinski definition) is 1. The molecule has 1 atom stereocenters. The van der Waals surface area contributed by atoms with Crippen LogP contribution in [0.25, 0.3) is 0 Å². The molecule has 8 heteroatoms. The summed E-state index contributed by atoms with van der Waals surface area (Å²) in [7, 11) is 0. The molecule has 0 aliphatic rings. The Kier molecular flexibility index (Phi) is 5.50. The zero-order valence-electron chi connectivity index (χ0n) is 11.5. The number of anilines is 1. The lowest BCUT2D eigenvalue weighted by molar-refractivity contribution is -0.115. The van der Waals surface area contributed by atoms with E-state index in [2.05, 4.69) is 15.5 Å². The quantitative estimate of drug-likeness (QED) is 0.839. The van der Waals surface area contributed by atoms with Crippen molar-refractivity contribution in [2.24, 2.45) is 0 Å². The number of carbonyl (C=O) groups excluding carboxylic acids is 1. The summed E-state index contributed by atoms with van der Waals surface area (Å²) >= 11 is 13.3. The van der Waals surface area contributed by atoms with Crippen molar-refractivity contribution in [3.05, 3.63) is 34.6 Å². The molecule has 5 nitrogen and oxygen atoms in total. The van der Waals surface area contributed by atoms with Gasteiger partial charge in [-0.3, -0.25) is 4.79 Å². The van der Waals surface area contributed by atoms with Crippen LogP contribution in [0.15, 0.2) is 29.7 Å². The van der Waals surface area contributed by atoms with Crippen LogP contribution in [0.4, 0.5) is 5.69 Å². The molecule has 0 aliphatic carbocycles. The van der Waals surface area contributed by atoms with E-state index in [1.807, 2.05) is 11.5 Å². The predicted octanol–water partition coefficient (Wildman–Crippen LogP) is 3.72. The molecule has 2 rings (SSSR count). The molecule has 1 aromatic heterocycles. The third kappa shape index (κ3) is 4.12. The van der Waals surface area contributed by atoms with Gasteiger partial charge in [-0.1, -0.05) is 35.0 Å². The number of thioether (sulfide) groups is 1. The molecule has 0 radical (unpaired) electrons. The number of aryl methyl sites for hydroxylation is 1. The summed E-state index contributed by atoms with van der Waals surface area (Å²) in [6.07, 6.45) is 1.64. The van der Waals surface area contributed by atoms with E-state index in [0.29, 0.717) is 20.9 Å². The summed E-state index contributed by atoms with van der Waals surface area (Å²) in [5.74, 6) is -0.171. The van der Waals surface area contributed by atoms with Gasteiger partial charge in [-0.15, -0.1) is 10.2 Å². The van der Waals surface area contributed by atoms with Crippen LogP contribution in [0.5, 0.6) is 0 Å². The van der Waals surface area contributed by atoms with Gasteiger partial charge in [0.15, 0.2) is 5.16 Å². The predicted molar refractivity (Wildman–Crippen MR) is 86.1 cm³/mol. The smallest absolute Gasteiger partial charge is 0.237 e. The Labute approximate surface area is 137 Å². The Bertz CT molecular complexity index is 647. The second kappa shape index (κ2) is 7.15. The van der Waals surface area contributed by atoms with Crippen molar-refractivity contribution in [3.8, 4) is 0 Å². The molecule has 1 N–H and O–H groups in total. The molecule has 0 fully saturated rings. The Morgan fingerprint density at radius 2 is 2.24 bits per heavy atom. The van der Waals surface area contributed by atoms with Crippen molar-refractivity contribution in [2.75, 3.05) is 5.32 Å². The average Bonchev–Trinajstić information content (AvgIpc) is 2.90. The fourth-order valence-electron chi connectivity index (χ4n) is 1.59. The van der Waals surface area contributed by atoms with Crippen LogP contribution < -0.4 is 5.32 Å². The van der Waals surface area contributed by atoms with Crippen LogP contribution in [-0.4, -0.2) is 25.9 Å². The van der Waals surface area contributed by atoms with Crippen LogP contribution >= 0.6 is 35.0 Å². The number of nitrogens with one attached hydrogen (secondary N) is 1. The normalized spacial score (nSPS) is 12.2. The first kappa shape index (κ1) is 16.1. The van der Waals surface area contributed by atoms with E-state index in [-0.39, 0.29) is 11.2 Å². The van der Waals surface area contributed by atoms with Gasteiger partial charge in [0, 0.05) is 11.6 Å². The molecular formula is C13H14Cl2N4OS. The first-order valence-electron chi connectivity index (χ1n) is 6.31. The molecule has 0 unspecified atom stereocenters.